The number of nitriles is 2. The fraction of sp³-hybridized carbons (Fsp3) is 0.462. The molecule has 0 fully saturated rings. The molecule has 1 aliphatic heterocycles. The topological polar surface area (TPSA) is 68.6 Å². The van der Waals surface area contributed by atoms with Crippen LogP contribution in [0.15, 0.2) is 12.4 Å². The lowest BCUT2D eigenvalue weighted by Crippen LogP contribution is -2.53. The molecule has 1 aromatic heterocycles. The van der Waals surface area contributed by atoms with Crippen molar-refractivity contribution in [2.45, 2.75) is 19.5 Å². The minimum atomic E-state index is -4.76. The van der Waals surface area contributed by atoms with Gasteiger partial charge in [0.05, 0.1) is 13.2 Å². The molecule has 1 aliphatic rings. The van der Waals surface area contributed by atoms with Crippen molar-refractivity contribution in [3.8, 4) is 12.1 Å². The number of halogens is 3. The summed E-state index contributed by atoms with van der Waals surface area (Å²) in [5.74, 6) is -1.24. The van der Waals surface area contributed by atoms with Gasteiger partial charge >= 0.3 is 6.18 Å². The van der Waals surface area contributed by atoms with Crippen LogP contribution in [0.25, 0.3) is 0 Å². The van der Waals surface area contributed by atoms with Crippen LogP contribution in [0, 0.1) is 22.7 Å². The minimum Gasteiger partial charge on any atom is -0.324 e. The molecule has 1 unspecified atom stereocenters. The van der Waals surface area contributed by atoms with E-state index in [2.05, 4.69) is 4.98 Å². The maximum absolute atomic E-state index is 13.2. The van der Waals surface area contributed by atoms with E-state index in [-0.39, 0.29) is 17.0 Å². The molecule has 0 saturated heterocycles. The van der Waals surface area contributed by atoms with Gasteiger partial charge in [-0.15, -0.1) is 4.68 Å². The van der Waals surface area contributed by atoms with Crippen molar-refractivity contribution in [2.24, 2.45) is 0 Å². The van der Waals surface area contributed by atoms with E-state index in [1.54, 1.807) is 24.5 Å². The van der Waals surface area contributed by atoms with Crippen LogP contribution in [0.2, 0.25) is 0 Å². The standard InChI is InChI=1S/C13H14F3N6/c1-3-4-20-5-6-22(2,9-20)21-11(8-18)10(7-17)19-12(21)13(14,15)16/h5-6H,3-4,9H2,1-2H3/q+1. The second kappa shape index (κ2) is 5.35. The molecule has 6 nitrogen and oxygen atoms in total. The third-order valence-electron chi connectivity index (χ3n) is 3.35. The second-order valence-corrected chi connectivity index (χ2v) is 5.13. The summed E-state index contributed by atoms with van der Waals surface area (Å²) in [5, 5.41) is 18.1. The van der Waals surface area contributed by atoms with E-state index >= 15 is 0 Å². The Labute approximate surface area is 125 Å². The van der Waals surface area contributed by atoms with Gasteiger partial charge in [-0.05, 0) is 6.42 Å². The van der Waals surface area contributed by atoms with Gasteiger partial charge in [-0.1, -0.05) is 6.92 Å². The Morgan fingerprint density at radius 2 is 2.05 bits per heavy atom. The molecule has 0 radical (unpaired) electrons. The lowest BCUT2D eigenvalue weighted by Gasteiger charge is -2.30. The number of aromatic nitrogens is 2. The summed E-state index contributed by atoms with van der Waals surface area (Å²) in [6.07, 6.45) is -0.672. The monoisotopic (exact) mass is 311 g/mol. The van der Waals surface area contributed by atoms with Gasteiger partial charge in [0, 0.05) is 6.54 Å². The summed E-state index contributed by atoms with van der Waals surface area (Å²) < 4.78 is 40.2. The number of nitrogens with zero attached hydrogens (tertiary/aromatic N) is 6. The average Bonchev–Trinajstić information content (AvgIpc) is 3.00. The highest BCUT2D eigenvalue weighted by Gasteiger charge is 2.46. The second-order valence-electron chi connectivity index (χ2n) is 5.13. The van der Waals surface area contributed by atoms with Crippen LogP contribution in [-0.4, -0.2) is 34.8 Å². The van der Waals surface area contributed by atoms with Crippen molar-refractivity contribution in [2.75, 3.05) is 20.3 Å². The van der Waals surface area contributed by atoms with Crippen LogP contribution in [0.1, 0.15) is 30.6 Å². The Morgan fingerprint density at radius 1 is 1.36 bits per heavy atom. The maximum Gasteiger partial charge on any atom is 0.455 e. The van der Waals surface area contributed by atoms with Gasteiger partial charge < -0.3 is 4.90 Å². The maximum atomic E-state index is 13.2. The first-order valence-electron chi connectivity index (χ1n) is 6.56. The van der Waals surface area contributed by atoms with Crippen molar-refractivity contribution >= 4 is 0 Å². The Bertz CT molecular complexity index is 690. The lowest BCUT2D eigenvalue weighted by molar-refractivity contribution is -0.151. The molecule has 0 N–H and O–H groups in total. The first-order chi connectivity index (χ1) is 10.3. The Hall–Kier alpha value is -2.52. The lowest BCUT2D eigenvalue weighted by atomic mass is 10.4. The molecule has 116 valence electrons. The van der Waals surface area contributed by atoms with Crippen LogP contribution in [0.3, 0.4) is 0 Å². The third kappa shape index (κ3) is 2.51. The van der Waals surface area contributed by atoms with Gasteiger partial charge in [-0.25, -0.2) is 4.98 Å². The van der Waals surface area contributed by atoms with Crippen molar-refractivity contribution in [1.82, 2.24) is 19.2 Å². The highest BCUT2D eigenvalue weighted by molar-refractivity contribution is 5.39. The predicted octanol–water partition coefficient (Wildman–Crippen LogP) is 1.87. The first-order valence-corrected chi connectivity index (χ1v) is 6.56. The molecule has 1 atom stereocenters. The summed E-state index contributed by atoms with van der Waals surface area (Å²) >= 11 is 0. The smallest absolute Gasteiger partial charge is 0.324 e. The van der Waals surface area contributed by atoms with E-state index in [0.29, 0.717) is 6.54 Å². The van der Waals surface area contributed by atoms with Gasteiger partial charge in [0.1, 0.15) is 18.3 Å². The number of quaternary nitrogens is 1. The van der Waals surface area contributed by atoms with Crippen molar-refractivity contribution < 1.29 is 13.2 Å². The summed E-state index contributed by atoms with van der Waals surface area (Å²) in [5.41, 5.74) is -0.906. The molecule has 0 bridgehead atoms. The molecule has 0 aromatic carbocycles. The normalized spacial score (nSPS) is 21.0. The van der Waals surface area contributed by atoms with Crippen molar-refractivity contribution in [1.29, 1.82) is 10.5 Å². The third-order valence-corrected chi connectivity index (χ3v) is 3.35. The van der Waals surface area contributed by atoms with Crippen LogP contribution in [-0.2, 0) is 6.18 Å². The summed E-state index contributed by atoms with van der Waals surface area (Å²) in [7, 11) is 1.53. The number of hydrogen-bond acceptors (Lipinski definition) is 4. The predicted molar refractivity (Wildman–Crippen MR) is 71.1 cm³/mol. The van der Waals surface area contributed by atoms with Crippen LogP contribution in [0.5, 0.6) is 0 Å². The largest absolute Gasteiger partial charge is 0.455 e. The molecule has 2 rings (SSSR count). The molecular weight excluding hydrogens is 297 g/mol. The fourth-order valence-electron chi connectivity index (χ4n) is 2.48. The molecule has 1 aromatic rings. The highest BCUT2D eigenvalue weighted by atomic mass is 19.4. The summed E-state index contributed by atoms with van der Waals surface area (Å²) in [6.45, 7) is 2.88. The minimum absolute atomic E-state index is 0.229. The number of rotatable bonds is 3. The van der Waals surface area contributed by atoms with E-state index in [1.807, 2.05) is 11.8 Å². The quantitative estimate of drug-likeness (QED) is 0.799. The van der Waals surface area contributed by atoms with Gasteiger partial charge in [0.25, 0.3) is 5.82 Å². The van der Waals surface area contributed by atoms with Crippen molar-refractivity contribution in [3.63, 3.8) is 0 Å². The Morgan fingerprint density at radius 3 is 2.55 bits per heavy atom. The molecule has 0 amide bonds. The van der Waals surface area contributed by atoms with Gasteiger partial charge in [0.2, 0.25) is 5.69 Å². The Kier molecular flexibility index (Phi) is 3.86. The van der Waals surface area contributed by atoms with E-state index in [9.17, 15) is 18.4 Å². The molecule has 22 heavy (non-hydrogen) atoms. The average molecular weight is 311 g/mol. The van der Waals surface area contributed by atoms with Gasteiger partial charge in [-0.2, -0.15) is 28.3 Å². The Balaban J connectivity index is 2.61. The van der Waals surface area contributed by atoms with E-state index in [1.165, 1.54) is 7.05 Å². The molecule has 2 heterocycles. The molecule has 0 saturated carbocycles. The zero-order valence-electron chi connectivity index (χ0n) is 12.1. The van der Waals surface area contributed by atoms with Crippen LogP contribution in [0.4, 0.5) is 13.2 Å². The van der Waals surface area contributed by atoms with Gasteiger partial charge in [0.15, 0.2) is 12.4 Å². The number of hydrogen-bond donors (Lipinski definition) is 0. The summed E-state index contributed by atoms with van der Waals surface area (Å²) in [4.78, 5) is 5.17. The zero-order chi connectivity index (χ0) is 16.5. The fourth-order valence-corrected chi connectivity index (χ4v) is 2.48. The zero-order valence-corrected chi connectivity index (χ0v) is 12.1. The first kappa shape index (κ1) is 15.9. The molecule has 9 heteroatoms. The van der Waals surface area contributed by atoms with Crippen molar-refractivity contribution in [3.05, 3.63) is 29.6 Å². The van der Waals surface area contributed by atoms with Crippen LogP contribution < -0.4 is 4.59 Å². The van der Waals surface area contributed by atoms with E-state index < -0.39 is 17.7 Å². The summed E-state index contributed by atoms with van der Waals surface area (Å²) in [6, 6.07) is 3.22. The molecule has 0 spiro atoms. The molecular formula is C13H14F3N6+. The number of alkyl halides is 3. The van der Waals surface area contributed by atoms with E-state index in [4.69, 9.17) is 5.26 Å². The molecule has 0 aliphatic carbocycles. The number of imidazole rings is 1. The van der Waals surface area contributed by atoms with E-state index in [0.717, 1.165) is 11.1 Å². The van der Waals surface area contributed by atoms with Crippen LogP contribution >= 0.6 is 0 Å². The van der Waals surface area contributed by atoms with Gasteiger partial charge in [-0.3, -0.25) is 0 Å². The highest BCUT2D eigenvalue weighted by Crippen LogP contribution is 2.32. The SMILES string of the molecule is CCCN1C=C[N+](C)(n2c(C(F)(F)F)nc(C#N)c2C#N)C1.